The minimum atomic E-state index is -1.28. The number of quaternary nitrogens is 2. The smallest absolute Gasteiger partial charge is 1.00 e. The van der Waals surface area contributed by atoms with E-state index in [1.165, 1.54) is 0 Å². The normalized spacial score (nSPS) is 14.9. The minimum absolute atomic E-state index is 0. The Bertz CT molecular complexity index is 611. The van der Waals surface area contributed by atoms with Crippen LogP contribution in [0.25, 0.3) is 0 Å². The Balaban J connectivity index is -0.00000420. The predicted molar refractivity (Wildman–Crippen MR) is 113 cm³/mol. The molecular weight excluding hydrogens is 447 g/mol. The van der Waals surface area contributed by atoms with Crippen molar-refractivity contribution < 1.29 is 75.5 Å². The van der Waals surface area contributed by atoms with Crippen molar-refractivity contribution in [2.24, 2.45) is 23.0 Å². The van der Waals surface area contributed by atoms with Crippen molar-refractivity contribution in [1.82, 2.24) is 5.32 Å². The molecule has 0 aliphatic heterocycles. The number of nitrogens with one attached hydrogen (secondary N) is 1. The zero-order chi connectivity index (χ0) is 23.9. The van der Waals surface area contributed by atoms with Crippen LogP contribution in [0.4, 0.5) is 0 Å². The monoisotopic (exact) mass is 489 g/mol. The molecule has 0 aromatic heterocycles. The Morgan fingerprint density at radius 1 is 1.06 bits per heavy atom. The van der Waals surface area contributed by atoms with Crippen molar-refractivity contribution in [2.45, 2.75) is 46.1 Å². The maximum Gasteiger partial charge on any atom is 1.00 e. The summed E-state index contributed by atoms with van der Waals surface area (Å²) in [6.45, 7) is 6.48. The molecule has 0 saturated carbocycles. The molecule has 0 aromatic carbocycles. The van der Waals surface area contributed by atoms with Gasteiger partial charge in [-0.2, -0.15) is 0 Å². The number of carbonyl (C=O) groups is 3. The number of amides is 2. The van der Waals surface area contributed by atoms with Gasteiger partial charge in [0.05, 0.1) is 35.2 Å². The SMILES string of the molecule is CCC(CC(CC(C)(C)C(=O)NC[N+](C)(C)CC(O)C[N+](C)(C)C)C(=O)[O-])C(N)=O.[Cl-].[Na+]. The van der Waals surface area contributed by atoms with Gasteiger partial charge in [-0.3, -0.25) is 9.59 Å². The van der Waals surface area contributed by atoms with Crippen LogP contribution in [-0.2, 0) is 14.4 Å². The van der Waals surface area contributed by atoms with Gasteiger partial charge in [0.1, 0.15) is 13.1 Å². The summed E-state index contributed by atoms with van der Waals surface area (Å²) in [6.07, 6.45) is 0.0197. The van der Waals surface area contributed by atoms with E-state index in [0.29, 0.717) is 35.1 Å². The van der Waals surface area contributed by atoms with Crippen molar-refractivity contribution in [3.05, 3.63) is 0 Å². The molecule has 0 bridgehead atoms. The first-order valence-corrected chi connectivity index (χ1v) is 10.5. The topological polar surface area (TPSA) is 133 Å². The van der Waals surface area contributed by atoms with Crippen LogP contribution in [0.3, 0.4) is 0 Å². The summed E-state index contributed by atoms with van der Waals surface area (Å²) in [6, 6.07) is 0. The number of halogens is 1. The molecule has 0 aliphatic rings. The van der Waals surface area contributed by atoms with Crippen LogP contribution in [0.15, 0.2) is 0 Å². The summed E-state index contributed by atoms with van der Waals surface area (Å²) >= 11 is 0. The van der Waals surface area contributed by atoms with Crippen LogP contribution in [0.1, 0.15) is 40.0 Å². The zero-order valence-electron chi connectivity index (χ0n) is 21.4. The minimum Gasteiger partial charge on any atom is -1.00 e. The number of likely N-dealkylation sites (N-methyl/N-ethyl adjacent to an activating group) is 2. The largest absolute Gasteiger partial charge is 1.00 e. The first kappa shape index (κ1) is 36.2. The Morgan fingerprint density at radius 3 is 1.94 bits per heavy atom. The Hall–Kier alpha value is -0.420. The Morgan fingerprint density at radius 2 is 1.56 bits per heavy atom. The van der Waals surface area contributed by atoms with E-state index < -0.39 is 35.2 Å². The molecular formula is C21H43ClN4NaO5+. The summed E-state index contributed by atoms with van der Waals surface area (Å²) in [5, 5.41) is 24.8. The fourth-order valence-corrected chi connectivity index (χ4v) is 3.65. The van der Waals surface area contributed by atoms with Gasteiger partial charge in [0.15, 0.2) is 12.8 Å². The summed E-state index contributed by atoms with van der Waals surface area (Å²) in [5.74, 6) is -3.62. The molecule has 0 radical (unpaired) electrons. The van der Waals surface area contributed by atoms with E-state index in [2.05, 4.69) is 5.32 Å². The molecule has 0 aliphatic carbocycles. The van der Waals surface area contributed by atoms with Gasteiger partial charge in [-0.25, -0.2) is 0 Å². The maximum atomic E-state index is 12.8. The number of aliphatic hydroxyl groups excluding tert-OH is 1. The van der Waals surface area contributed by atoms with Crippen molar-refractivity contribution in [2.75, 3.05) is 55.0 Å². The third kappa shape index (κ3) is 14.7. The molecule has 0 rings (SSSR count). The van der Waals surface area contributed by atoms with Gasteiger partial charge in [-0.1, -0.05) is 20.8 Å². The summed E-state index contributed by atoms with van der Waals surface area (Å²) < 4.78 is 1.02. The fraction of sp³-hybridized carbons (Fsp3) is 0.857. The molecule has 0 heterocycles. The first-order chi connectivity index (χ1) is 13.4. The maximum absolute atomic E-state index is 12.8. The second-order valence-corrected chi connectivity index (χ2v) is 10.8. The molecule has 3 atom stereocenters. The van der Waals surface area contributed by atoms with Crippen LogP contribution in [-0.4, -0.2) is 93.0 Å². The van der Waals surface area contributed by atoms with E-state index in [1.807, 2.05) is 35.2 Å². The fourth-order valence-electron chi connectivity index (χ4n) is 3.65. The molecule has 184 valence electrons. The van der Waals surface area contributed by atoms with Crippen LogP contribution in [0.2, 0.25) is 0 Å². The van der Waals surface area contributed by atoms with Crippen LogP contribution in [0.5, 0.6) is 0 Å². The third-order valence-electron chi connectivity index (χ3n) is 5.30. The number of hydrogen-bond donors (Lipinski definition) is 3. The number of nitrogens with two attached hydrogens (primary N) is 1. The Kier molecular flexibility index (Phi) is 16.7. The number of aliphatic carboxylic acids is 1. The number of rotatable bonds is 14. The van der Waals surface area contributed by atoms with Gasteiger partial charge in [0, 0.05) is 23.2 Å². The van der Waals surface area contributed by atoms with Gasteiger partial charge >= 0.3 is 29.6 Å². The number of nitrogens with zero attached hydrogens (tertiary/aromatic N) is 2. The van der Waals surface area contributed by atoms with Gasteiger partial charge in [0.2, 0.25) is 11.8 Å². The van der Waals surface area contributed by atoms with E-state index in [1.54, 1.807) is 20.8 Å². The second kappa shape index (κ2) is 14.8. The Labute approximate surface area is 222 Å². The number of primary amides is 1. The molecule has 0 spiro atoms. The van der Waals surface area contributed by atoms with Gasteiger partial charge < -0.3 is 47.4 Å². The van der Waals surface area contributed by atoms with Crippen LogP contribution in [0, 0.1) is 17.3 Å². The van der Waals surface area contributed by atoms with Gasteiger partial charge in [-0.05, 0) is 19.3 Å². The summed E-state index contributed by atoms with van der Waals surface area (Å²) in [4.78, 5) is 35.9. The second-order valence-electron chi connectivity index (χ2n) is 10.8. The number of hydrogen-bond acceptors (Lipinski definition) is 5. The average molecular weight is 490 g/mol. The van der Waals surface area contributed by atoms with Crippen LogP contribution >= 0.6 is 0 Å². The molecule has 2 amide bonds. The van der Waals surface area contributed by atoms with Crippen molar-refractivity contribution in [3.63, 3.8) is 0 Å². The molecule has 11 heteroatoms. The molecule has 0 aromatic rings. The van der Waals surface area contributed by atoms with E-state index in [-0.39, 0.29) is 60.7 Å². The number of aliphatic hydroxyl groups is 1. The molecule has 0 saturated heterocycles. The van der Waals surface area contributed by atoms with E-state index in [9.17, 15) is 24.6 Å². The standard InChI is InChI=1S/C21H42N4O5.ClH.Na/c1-9-15(18(22)27)10-16(19(28)29)11-21(2,3)20(30)23-14-25(7,8)13-17(26)12-24(4,5)6;;/h15-17,26H,9-14H2,1-8H3,(H2-2,22,23,27,28,29,30);1H;/q;;+1. The van der Waals surface area contributed by atoms with Gasteiger partial charge in [-0.15, -0.1) is 0 Å². The van der Waals surface area contributed by atoms with Crippen molar-refractivity contribution in [1.29, 1.82) is 0 Å². The van der Waals surface area contributed by atoms with Crippen molar-refractivity contribution in [3.8, 4) is 0 Å². The molecule has 4 N–H and O–H groups in total. The van der Waals surface area contributed by atoms with E-state index >= 15 is 0 Å². The number of carbonyl (C=O) groups excluding carboxylic acids is 3. The average Bonchev–Trinajstić information content (AvgIpc) is 2.53. The third-order valence-corrected chi connectivity index (χ3v) is 5.30. The number of carboxylic acids is 1. The predicted octanol–water partition coefficient (Wildman–Crippen LogP) is -7.10. The quantitative estimate of drug-likeness (QED) is 0.127. The molecule has 32 heavy (non-hydrogen) atoms. The van der Waals surface area contributed by atoms with Gasteiger partial charge in [0.25, 0.3) is 0 Å². The van der Waals surface area contributed by atoms with E-state index in [4.69, 9.17) is 5.73 Å². The molecule has 9 nitrogen and oxygen atoms in total. The molecule has 0 fully saturated rings. The van der Waals surface area contributed by atoms with E-state index in [0.717, 1.165) is 0 Å². The molecule has 3 unspecified atom stereocenters. The van der Waals surface area contributed by atoms with Crippen LogP contribution < -0.4 is 58.1 Å². The van der Waals surface area contributed by atoms with Crippen molar-refractivity contribution >= 4 is 17.8 Å². The summed E-state index contributed by atoms with van der Waals surface area (Å²) in [7, 11) is 9.83. The number of carboxylic acid groups (broad SMARTS) is 1. The first-order valence-electron chi connectivity index (χ1n) is 10.5. The zero-order valence-corrected chi connectivity index (χ0v) is 24.2. The summed E-state index contributed by atoms with van der Waals surface area (Å²) in [5.41, 5.74) is 4.37.